The summed E-state index contributed by atoms with van der Waals surface area (Å²) in [6.45, 7) is 0.955. The van der Waals surface area contributed by atoms with E-state index in [0.29, 0.717) is 13.1 Å². The maximum atomic E-state index is 13.8. The van der Waals surface area contributed by atoms with E-state index in [4.69, 9.17) is 9.47 Å². The first-order valence-corrected chi connectivity index (χ1v) is 14.0. The standard InChI is InChI=1S/C25H31F3N4O7S/c26-14-9-13(10-15(27)18(14)28)16-11-32(30-29-16)19-20(34)17(12-33)39-24(21(19)35)40-22(23(36)31-5-1-2-6-31)25(37)3-7-38-8-4-25/h9-11,17,19-22,24,33-35,37H,1-8,12H2/t17-,19+,20+,21-,22?,24+/m1/s1. The third kappa shape index (κ3) is 5.60. The number of nitrogens with zero attached hydrogens (tertiary/aromatic N) is 4. The maximum Gasteiger partial charge on any atom is 0.238 e. The van der Waals surface area contributed by atoms with Crippen LogP contribution in [0.25, 0.3) is 11.3 Å². The maximum absolute atomic E-state index is 13.8. The fraction of sp³-hybridized carbons (Fsp3) is 0.640. The lowest BCUT2D eigenvalue weighted by Crippen LogP contribution is -2.58. The summed E-state index contributed by atoms with van der Waals surface area (Å²) < 4.78 is 53.3. The molecule has 3 fully saturated rings. The van der Waals surface area contributed by atoms with E-state index in [9.17, 15) is 38.4 Å². The van der Waals surface area contributed by atoms with Crippen LogP contribution in [0.2, 0.25) is 0 Å². The molecule has 0 bridgehead atoms. The van der Waals surface area contributed by atoms with Gasteiger partial charge in [0, 0.05) is 44.7 Å². The first-order valence-electron chi connectivity index (χ1n) is 13.1. The average Bonchev–Trinajstić information content (AvgIpc) is 3.64. The number of rotatable bonds is 7. The second-order valence-electron chi connectivity index (χ2n) is 10.3. The number of thioether (sulfide) groups is 1. The number of halogens is 3. The van der Waals surface area contributed by atoms with Gasteiger partial charge < -0.3 is 34.8 Å². The number of carbonyl (C=O) groups excluding carboxylic acids is 1. The number of hydrogen-bond acceptors (Lipinski definition) is 10. The molecule has 4 heterocycles. The van der Waals surface area contributed by atoms with Crippen molar-refractivity contribution in [3.63, 3.8) is 0 Å². The number of likely N-dealkylation sites (tertiary alicyclic amines) is 1. The molecule has 4 N–H and O–H groups in total. The minimum absolute atomic E-state index is 0.0629. The zero-order valence-electron chi connectivity index (χ0n) is 21.4. The van der Waals surface area contributed by atoms with E-state index in [1.54, 1.807) is 4.90 Å². The highest BCUT2D eigenvalue weighted by molar-refractivity contribution is 8.01. The van der Waals surface area contributed by atoms with Gasteiger partial charge in [0.15, 0.2) is 17.5 Å². The lowest BCUT2D eigenvalue weighted by molar-refractivity contribution is -0.179. The Labute approximate surface area is 231 Å². The van der Waals surface area contributed by atoms with Crippen molar-refractivity contribution in [1.82, 2.24) is 19.9 Å². The molecule has 0 saturated carbocycles. The molecule has 15 heteroatoms. The molecule has 1 aromatic carbocycles. The van der Waals surface area contributed by atoms with Gasteiger partial charge in [-0.1, -0.05) is 5.21 Å². The van der Waals surface area contributed by atoms with Crippen LogP contribution in [0.5, 0.6) is 0 Å². The van der Waals surface area contributed by atoms with Gasteiger partial charge >= 0.3 is 0 Å². The van der Waals surface area contributed by atoms with E-state index in [0.717, 1.165) is 41.4 Å². The Bertz CT molecular complexity index is 1190. The van der Waals surface area contributed by atoms with E-state index in [-0.39, 0.29) is 43.2 Å². The SMILES string of the molecule is O=C(C(S[C@@H]1O[C@H](CO)[C@H](O)[C@H](n2cc(-c3cc(F)c(F)c(F)c3)nn2)[C@H]1O)C1(O)CCOCC1)N1CCCC1. The van der Waals surface area contributed by atoms with Gasteiger partial charge in [-0.15, -0.1) is 16.9 Å². The van der Waals surface area contributed by atoms with E-state index >= 15 is 0 Å². The molecule has 1 unspecified atom stereocenters. The van der Waals surface area contributed by atoms with E-state index in [1.165, 1.54) is 6.20 Å². The zero-order chi connectivity index (χ0) is 28.6. The van der Waals surface area contributed by atoms with Crippen LogP contribution in [-0.2, 0) is 14.3 Å². The lowest BCUT2D eigenvalue weighted by atomic mass is 9.89. The van der Waals surface area contributed by atoms with Crippen molar-refractivity contribution in [1.29, 1.82) is 0 Å². The summed E-state index contributed by atoms with van der Waals surface area (Å²) in [5.74, 6) is -4.78. The molecule has 220 valence electrons. The smallest absolute Gasteiger partial charge is 0.238 e. The molecule has 1 amide bonds. The van der Waals surface area contributed by atoms with Crippen molar-refractivity contribution in [3.05, 3.63) is 35.8 Å². The Balaban J connectivity index is 1.43. The number of ether oxygens (including phenoxy) is 2. The summed E-state index contributed by atoms with van der Waals surface area (Å²) in [6, 6.07) is 0.218. The van der Waals surface area contributed by atoms with Crippen LogP contribution in [-0.4, -0.2) is 114 Å². The van der Waals surface area contributed by atoms with Gasteiger partial charge in [0.1, 0.15) is 40.7 Å². The molecule has 0 radical (unpaired) electrons. The second kappa shape index (κ2) is 11.9. The molecule has 3 aliphatic rings. The Morgan fingerprint density at radius 3 is 2.40 bits per heavy atom. The van der Waals surface area contributed by atoms with Gasteiger partial charge in [-0.25, -0.2) is 17.9 Å². The van der Waals surface area contributed by atoms with Gasteiger partial charge in [0.2, 0.25) is 5.91 Å². The quantitative estimate of drug-likeness (QED) is 0.339. The van der Waals surface area contributed by atoms with Crippen molar-refractivity contribution in [2.24, 2.45) is 0 Å². The van der Waals surface area contributed by atoms with Gasteiger partial charge in [0.05, 0.1) is 18.4 Å². The Morgan fingerprint density at radius 1 is 1.12 bits per heavy atom. The summed E-state index contributed by atoms with van der Waals surface area (Å²) in [5, 5.41) is 50.5. The highest BCUT2D eigenvalue weighted by Gasteiger charge is 2.52. The zero-order valence-corrected chi connectivity index (χ0v) is 22.2. The molecule has 2 aromatic rings. The largest absolute Gasteiger partial charge is 0.394 e. The molecule has 3 saturated heterocycles. The highest BCUT2D eigenvalue weighted by Crippen LogP contribution is 2.42. The fourth-order valence-electron chi connectivity index (χ4n) is 5.39. The van der Waals surface area contributed by atoms with Crippen LogP contribution in [0.3, 0.4) is 0 Å². The molecule has 6 atom stereocenters. The minimum Gasteiger partial charge on any atom is -0.394 e. The highest BCUT2D eigenvalue weighted by atomic mass is 32.2. The van der Waals surface area contributed by atoms with E-state index in [1.807, 2.05) is 0 Å². The number of carbonyl (C=O) groups is 1. The van der Waals surface area contributed by atoms with Crippen LogP contribution < -0.4 is 0 Å². The topological polar surface area (TPSA) is 150 Å². The van der Waals surface area contributed by atoms with Crippen molar-refractivity contribution in [2.45, 2.75) is 66.3 Å². The van der Waals surface area contributed by atoms with Gasteiger partial charge in [-0.3, -0.25) is 4.79 Å². The third-order valence-corrected chi connectivity index (χ3v) is 9.27. The normalized spacial score (nSPS) is 29.5. The van der Waals surface area contributed by atoms with Crippen LogP contribution in [0, 0.1) is 17.5 Å². The lowest BCUT2D eigenvalue weighted by Gasteiger charge is -2.45. The van der Waals surface area contributed by atoms with Crippen molar-refractivity contribution in [2.75, 3.05) is 32.9 Å². The van der Waals surface area contributed by atoms with Crippen LogP contribution in [0.4, 0.5) is 13.2 Å². The Morgan fingerprint density at radius 2 is 1.77 bits per heavy atom. The van der Waals surface area contributed by atoms with Gasteiger partial charge in [-0.2, -0.15) is 0 Å². The third-order valence-electron chi connectivity index (χ3n) is 7.70. The monoisotopic (exact) mass is 588 g/mol. The number of aromatic nitrogens is 3. The fourth-order valence-corrected chi connectivity index (χ4v) is 6.94. The Hall–Kier alpha value is -2.27. The summed E-state index contributed by atoms with van der Waals surface area (Å²) in [5.41, 5.74) is -2.82. The molecule has 0 aliphatic carbocycles. The minimum atomic E-state index is -1.64. The Kier molecular flexibility index (Phi) is 8.71. The predicted molar refractivity (Wildman–Crippen MR) is 134 cm³/mol. The first-order chi connectivity index (χ1) is 19.1. The van der Waals surface area contributed by atoms with Crippen LogP contribution >= 0.6 is 11.8 Å². The number of aliphatic hydroxyl groups is 4. The molecule has 0 spiro atoms. The van der Waals surface area contributed by atoms with Crippen molar-refractivity contribution in [3.8, 4) is 11.3 Å². The van der Waals surface area contributed by atoms with Gasteiger partial charge in [0.25, 0.3) is 0 Å². The molecule has 11 nitrogen and oxygen atoms in total. The summed E-state index contributed by atoms with van der Waals surface area (Å²) in [7, 11) is 0. The van der Waals surface area contributed by atoms with E-state index < -0.39 is 64.7 Å². The average molecular weight is 589 g/mol. The number of amides is 1. The van der Waals surface area contributed by atoms with Crippen molar-refractivity contribution >= 4 is 17.7 Å². The molecule has 40 heavy (non-hydrogen) atoms. The predicted octanol–water partition coefficient (Wildman–Crippen LogP) is 0.608. The van der Waals surface area contributed by atoms with Crippen LogP contribution in [0.1, 0.15) is 31.7 Å². The van der Waals surface area contributed by atoms with Gasteiger partial charge in [-0.05, 0) is 25.0 Å². The first kappa shape index (κ1) is 29.2. The number of benzene rings is 1. The number of aliphatic hydroxyl groups excluding tert-OH is 3. The summed E-state index contributed by atoms with van der Waals surface area (Å²) in [4.78, 5) is 15.3. The van der Waals surface area contributed by atoms with Crippen LogP contribution in [0.15, 0.2) is 18.3 Å². The number of hydrogen-bond donors (Lipinski definition) is 4. The molecular formula is C25H31F3N4O7S. The van der Waals surface area contributed by atoms with Crippen molar-refractivity contribution < 1.29 is 47.9 Å². The molecular weight excluding hydrogens is 557 g/mol. The summed E-state index contributed by atoms with van der Waals surface area (Å²) in [6.07, 6.45) is -0.937. The summed E-state index contributed by atoms with van der Waals surface area (Å²) >= 11 is 0.909. The van der Waals surface area contributed by atoms with E-state index in [2.05, 4.69) is 10.3 Å². The molecule has 1 aromatic heterocycles. The molecule has 3 aliphatic heterocycles. The second-order valence-corrected chi connectivity index (χ2v) is 11.5. The molecule has 5 rings (SSSR count).